The summed E-state index contributed by atoms with van der Waals surface area (Å²) in [5.74, 6) is -0.460. The van der Waals surface area contributed by atoms with Crippen molar-refractivity contribution in [2.75, 3.05) is 18.8 Å². The second kappa shape index (κ2) is 5.90. The highest BCUT2D eigenvalue weighted by molar-refractivity contribution is 7.89. The van der Waals surface area contributed by atoms with Gasteiger partial charge in [-0.2, -0.15) is 4.31 Å². The molecule has 0 aliphatic carbocycles. The Bertz CT molecular complexity index is 600. The van der Waals surface area contributed by atoms with Crippen molar-refractivity contribution >= 4 is 15.7 Å². The molecule has 0 amide bonds. The number of aliphatic hydroxyl groups is 1. The molecule has 0 bridgehead atoms. The van der Waals surface area contributed by atoms with Gasteiger partial charge in [0, 0.05) is 13.1 Å². The number of nitrogen functional groups attached to an aromatic ring is 1. The van der Waals surface area contributed by atoms with Gasteiger partial charge in [0.1, 0.15) is 5.82 Å². The second-order valence-electron chi connectivity index (χ2n) is 5.63. The summed E-state index contributed by atoms with van der Waals surface area (Å²) in [6, 6.07) is 2.47. The van der Waals surface area contributed by atoms with Crippen LogP contribution in [-0.4, -0.2) is 37.0 Å². The molecule has 3 N–H and O–H groups in total. The van der Waals surface area contributed by atoms with E-state index in [0.29, 0.717) is 25.9 Å². The third-order valence-electron chi connectivity index (χ3n) is 4.07. The number of rotatable bonds is 3. The van der Waals surface area contributed by atoms with Crippen molar-refractivity contribution in [3.63, 3.8) is 0 Å². The first-order valence-electron chi connectivity index (χ1n) is 6.97. The quantitative estimate of drug-likeness (QED) is 0.828. The first-order valence-corrected chi connectivity index (χ1v) is 8.41. The third-order valence-corrected chi connectivity index (χ3v) is 5.95. The molecule has 7 heteroatoms. The summed E-state index contributed by atoms with van der Waals surface area (Å²) in [4.78, 5) is 0.0226. The number of anilines is 1. The molecule has 1 saturated heterocycles. The Balaban J connectivity index is 2.24. The van der Waals surface area contributed by atoms with Crippen molar-refractivity contribution < 1.29 is 17.9 Å². The molecule has 1 fully saturated rings. The highest BCUT2D eigenvalue weighted by atomic mass is 32.2. The number of hydrogen-bond acceptors (Lipinski definition) is 4. The zero-order valence-corrected chi connectivity index (χ0v) is 13.0. The number of aliphatic hydroxyl groups excluding tert-OH is 1. The zero-order chi connectivity index (χ0) is 15.8. The van der Waals surface area contributed by atoms with Gasteiger partial charge in [-0.3, -0.25) is 0 Å². The van der Waals surface area contributed by atoms with Crippen LogP contribution in [0.4, 0.5) is 10.1 Å². The first kappa shape index (κ1) is 16.2. The van der Waals surface area contributed by atoms with Gasteiger partial charge in [0.2, 0.25) is 10.0 Å². The fourth-order valence-corrected chi connectivity index (χ4v) is 4.25. The minimum absolute atomic E-state index is 0.0226. The standard InChI is InChI=1S/C14H21FN2O3S/c1-9-7-12(8-13(16)14(9)15)21(19,20)17-5-3-11(4-6-17)10(2)18/h7-8,10-11,18H,3-6,16H2,1-2H3. The lowest BCUT2D eigenvalue weighted by Crippen LogP contribution is -2.40. The van der Waals surface area contributed by atoms with Gasteiger partial charge in [0.25, 0.3) is 0 Å². The Hall–Kier alpha value is -1.18. The van der Waals surface area contributed by atoms with Crippen LogP contribution in [0, 0.1) is 18.7 Å². The molecule has 1 atom stereocenters. The molecule has 1 aromatic rings. The van der Waals surface area contributed by atoms with Gasteiger partial charge in [0.15, 0.2) is 0 Å². The fourth-order valence-electron chi connectivity index (χ4n) is 2.66. The SMILES string of the molecule is Cc1cc(S(=O)(=O)N2CCC(C(C)O)CC2)cc(N)c1F. The predicted octanol–water partition coefficient (Wildman–Crippen LogP) is 1.50. The van der Waals surface area contributed by atoms with E-state index in [4.69, 9.17) is 5.73 Å². The van der Waals surface area contributed by atoms with Crippen LogP contribution < -0.4 is 5.73 Å². The first-order chi connectivity index (χ1) is 9.73. The molecular formula is C14H21FN2O3S. The number of nitrogens with two attached hydrogens (primary N) is 1. The summed E-state index contributed by atoms with van der Waals surface area (Å²) >= 11 is 0. The summed E-state index contributed by atoms with van der Waals surface area (Å²) in [6.07, 6.45) is 0.803. The maximum atomic E-state index is 13.5. The van der Waals surface area contributed by atoms with Crippen LogP contribution in [0.5, 0.6) is 0 Å². The minimum atomic E-state index is -3.67. The molecule has 1 aromatic carbocycles. The van der Waals surface area contributed by atoms with E-state index in [9.17, 15) is 17.9 Å². The van der Waals surface area contributed by atoms with E-state index in [1.807, 2.05) is 0 Å². The van der Waals surface area contributed by atoms with Crippen molar-refractivity contribution in [2.24, 2.45) is 5.92 Å². The normalized spacial score (nSPS) is 19.6. The lowest BCUT2D eigenvalue weighted by atomic mass is 9.93. The van der Waals surface area contributed by atoms with Gasteiger partial charge in [-0.25, -0.2) is 12.8 Å². The van der Waals surface area contributed by atoms with E-state index in [-0.39, 0.29) is 22.1 Å². The topological polar surface area (TPSA) is 83.6 Å². The molecule has 2 rings (SSSR count). The third kappa shape index (κ3) is 3.20. The molecule has 0 saturated carbocycles. The maximum Gasteiger partial charge on any atom is 0.243 e. The molecule has 5 nitrogen and oxygen atoms in total. The number of benzene rings is 1. The van der Waals surface area contributed by atoms with Crippen molar-refractivity contribution in [3.05, 3.63) is 23.5 Å². The average Bonchev–Trinajstić information content (AvgIpc) is 2.44. The lowest BCUT2D eigenvalue weighted by Gasteiger charge is -2.32. The summed E-state index contributed by atoms with van der Waals surface area (Å²) < 4.78 is 40.0. The van der Waals surface area contributed by atoms with E-state index in [0.717, 1.165) is 0 Å². The van der Waals surface area contributed by atoms with E-state index >= 15 is 0 Å². The van der Waals surface area contributed by atoms with E-state index in [1.54, 1.807) is 6.92 Å². The fraction of sp³-hybridized carbons (Fsp3) is 0.571. The summed E-state index contributed by atoms with van der Waals surface area (Å²) in [5.41, 5.74) is 5.57. The van der Waals surface area contributed by atoms with Gasteiger partial charge in [0.05, 0.1) is 16.7 Å². The summed E-state index contributed by atoms with van der Waals surface area (Å²) in [7, 11) is -3.67. The number of hydrogen-bond donors (Lipinski definition) is 2. The smallest absolute Gasteiger partial charge is 0.243 e. The van der Waals surface area contributed by atoms with Crippen LogP contribution in [-0.2, 0) is 10.0 Å². The monoisotopic (exact) mass is 316 g/mol. The molecule has 1 unspecified atom stereocenters. The van der Waals surface area contributed by atoms with Crippen LogP contribution in [0.3, 0.4) is 0 Å². The molecule has 0 spiro atoms. The lowest BCUT2D eigenvalue weighted by molar-refractivity contribution is 0.0912. The molecule has 21 heavy (non-hydrogen) atoms. The van der Waals surface area contributed by atoms with Crippen molar-refractivity contribution in [3.8, 4) is 0 Å². The van der Waals surface area contributed by atoms with Crippen LogP contribution in [0.1, 0.15) is 25.3 Å². The van der Waals surface area contributed by atoms with Crippen LogP contribution in [0.15, 0.2) is 17.0 Å². The highest BCUT2D eigenvalue weighted by Crippen LogP contribution is 2.28. The highest BCUT2D eigenvalue weighted by Gasteiger charge is 2.31. The Kier molecular flexibility index (Phi) is 4.55. The van der Waals surface area contributed by atoms with E-state index < -0.39 is 21.9 Å². The van der Waals surface area contributed by atoms with Gasteiger partial charge < -0.3 is 10.8 Å². The number of halogens is 1. The minimum Gasteiger partial charge on any atom is -0.396 e. The van der Waals surface area contributed by atoms with Crippen LogP contribution >= 0.6 is 0 Å². The largest absolute Gasteiger partial charge is 0.396 e. The molecule has 118 valence electrons. The number of aryl methyl sites for hydroxylation is 1. The number of sulfonamides is 1. The molecule has 0 aromatic heterocycles. The van der Waals surface area contributed by atoms with Gasteiger partial charge in [-0.15, -0.1) is 0 Å². The van der Waals surface area contributed by atoms with Crippen molar-refractivity contribution in [2.45, 2.75) is 37.7 Å². The van der Waals surface area contributed by atoms with E-state index in [1.165, 1.54) is 23.4 Å². The number of nitrogens with zero attached hydrogens (tertiary/aromatic N) is 1. The predicted molar refractivity (Wildman–Crippen MR) is 78.7 cm³/mol. The van der Waals surface area contributed by atoms with Crippen LogP contribution in [0.2, 0.25) is 0 Å². The van der Waals surface area contributed by atoms with Gasteiger partial charge in [-0.05, 0) is 50.3 Å². The van der Waals surface area contributed by atoms with Crippen LogP contribution in [0.25, 0.3) is 0 Å². The van der Waals surface area contributed by atoms with Crippen molar-refractivity contribution in [1.82, 2.24) is 4.31 Å². The Morgan fingerprint density at radius 2 is 1.95 bits per heavy atom. The second-order valence-corrected chi connectivity index (χ2v) is 7.56. The Labute approximate surface area is 124 Å². The van der Waals surface area contributed by atoms with Gasteiger partial charge >= 0.3 is 0 Å². The molecular weight excluding hydrogens is 295 g/mol. The molecule has 1 aliphatic heterocycles. The molecule has 1 heterocycles. The average molecular weight is 316 g/mol. The Morgan fingerprint density at radius 1 is 1.38 bits per heavy atom. The Morgan fingerprint density at radius 3 is 2.43 bits per heavy atom. The maximum absolute atomic E-state index is 13.5. The zero-order valence-electron chi connectivity index (χ0n) is 12.2. The summed E-state index contributed by atoms with van der Waals surface area (Å²) in [6.45, 7) is 3.92. The van der Waals surface area contributed by atoms with E-state index in [2.05, 4.69) is 0 Å². The van der Waals surface area contributed by atoms with Gasteiger partial charge in [-0.1, -0.05) is 0 Å². The summed E-state index contributed by atoms with van der Waals surface area (Å²) in [5, 5.41) is 9.56. The molecule has 1 aliphatic rings. The number of piperidine rings is 1. The molecule has 0 radical (unpaired) electrons. The van der Waals surface area contributed by atoms with Crippen molar-refractivity contribution in [1.29, 1.82) is 0 Å².